The van der Waals surface area contributed by atoms with Crippen LogP contribution in [0.5, 0.6) is 11.5 Å². The molecule has 3 rings (SSSR count). The Morgan fingerprint density at radius 1 is 1.10 bits per heavy atom. The van der Waals surface area contributed by atoms with Crippen LogP contribution >= 0.6 is 11.6 Å². The normalized spacial score (nSPS) is 14.0. The molecule has 0 atom stereocenters. The topological polar surface area (TPSA) is 76.7 Å². The molecule has 2 aromatic rings. The quantitative estimate of drug-likeness (QED) is 0.627. The number of halogens is 1. The maximum Gasteiger partial charge on any atom is 0.253 e. The average Bonchev–Trinajstić information content (AvgIpc) is 3.26. The van der Waals surface area contributed by atoms with Crippen molar-refractivity contribution in [3.8, 4) is 11.5 Å². The Kier molecular flexibility index (Phi) is 7.36. The first kappa shape index (κ1) is 21.7. The number of rotatable bonds is 7. The van der Waals surface area contributed by atoms with E-state index < -0.39 is 0 Å². The first-order valence-corrected chi connectivity index (χ1v) is 10.2. The lowest BCUT2D eigenvalue weighted by Gasteiger charge is -2.16. The number of nitrogens with one attached hydrogen (secondary N) is 2. The van der Waals surface area contributed by atoms with Crippen LogP contribution in [0.1, 0.15) is 41.6 Å². The molecule has 0 spiro atoms. The Morgan fingerprint density at radius 3 is 2.57 bits per heavy atom. The van der Waals surface area contributed by atoms with Crippen molar-refractivity contribution in [2.24, 2.45) is 0 Å². The van der Waals surface area contributed by atoms with Gasteiger partial charge in [0.1, 0.15) is 0 Å². The molecule has 0 heterocycles. The van der Waals surface area contributed by atoms with Crippen molar-refractivity contribution in [1.29, 1.82) is 0 Å². The van der Waals surface area contributed by atoms with E-state index in [1.165, 1.54) is 32.0 Å². The largest absolute Gasteiger partial charge is 0.493 e. The molecule has 2 N–H and O–H groups in total. The molecule has 1 aliphatic carbocycles. The SMILES string of the molecule is CNC(=O)c1cc(Cl)ccc1NC(=O)/C=C/c1ccc(OC2CCCC2)c(OC)c1. The number of anilines is 1. The summed E-state index contributed by atoms with van der Waals surface area (Å²) in [4.78, 5) is 24.4. The van der Waals surface area contributed by atoms with Crippen LogP contribution in [0.25, 0.3) is 6.08 Å². The first-order valence-electron chi connectivity index (χ1n) is 9.85. The monoisotopic (exact) mass is 428 g/mol. The van der Waals surface area contributed by atoms with Gasteiger partial charge in [-0.05, 0) is 67.7 Å². The summed E-state index contributed by atoms with van der Waals surface area (Å²) in [5.41, 5.74) is 1.47. The molecule has 1 fully saturated rings. The minimum Gasteiger partial charge on any atom is -0.493 e. The molecule has 158 valence electrons. The van der Waals surface area contributed by atoms with Crippen molar-refractivity contribution in [3.05, 3.63) is 58.6 Å². The van der Waals surface area contributed by atoms with Crippen LogP contribution in [0.15, 0.2) is 42.5 Å². The maximum absolute atomic E-state index is 12.4. The molecule has 2 aromatic carbocycles. The standard InChI is InChI=1S/C23H25ClN2O4/c1-25-23(28)18-14-16(24)9-10-19(18)26-22(27)12-8-15-7-11-20(21(13-15)29-2)30-17-5-3-4-6-17/h7-14,17H,3-6H2,1-2H3,(H,25,28)(H,26,27)/b12-8+. The fourth-order valence-electron chi connectivity index (χ4n) is 3.37. The molecule has 0 saturated heterocycles. The van der Waals surface area contributed by atoms with Crippen molar-refractivity contribution in [2.45, 2.75) is 31.8 Å². The van der Waals surface area contributed by atoms with Gasteiger partial charge in [0.2, 0.25) is 5.91 Å². The molecule has 0 bridgehead atoms. The van der Waals surface area contributed by atoms with Crippen molar-refractivity contribution in [2.75, 3.05) is 19.5 Å². The highest BCUT2D eigenvalue weighted by molar-refractivity contribution is 6.31. The number of benzene rings is 2. The van der Waals surface area contributed by atoms with Gasteiger partial charge in [0.05, 0.1) is 24.5 Å². The zero-order chi connectivity index (χ0) is 21.5. The molecule has 7 heteroatoms. The molecule has 0 radical (unpaired) electrons. The second kappa shape index (κ2) is 10.2. The van der Waals surface area contributed by atoms with Crippen LogP contribution in [0, 0.1) is 0 Å². The second-order valence-electron chi connectivity index (χ2n) is 7.03. The molecule has 0 aromatic heterocycles. The summed E-state index contributed by atoms with van der Waals surface area (Å²) in [6.07, 6.45) is 7.82. The van der Waals surface area contributed by atoms with Crippen LogP contribution in [-0.4, -0.2) is 32.1 Å². The Balaban J connectivity index is 1.69. The van der Waals surface area contributed by atoms with Gasteiger partial charge in [-0.2, -0.15) is 0 Å². The van der Waals surface area contributed by atoms with Crippen LogP contribution in [-0.2, 0) is 4.79 Å². The molecule has 6 nitrogen and oxygen atoms in total. The Labute approximate surface area is 181 Å². The minimum atomic E-state index is -0.368. The van der Waals surface area contributed by atoms with E-state index in [0.717, 1.165) is 18.4 Å². The lowest BCUT2D eigenvalue weighted by molar-refractivity contribution is -0.111. The molecule has 2 amide bonds. The molecule has 1 aliphatic rings. The van der Waals surface area contributed by atoms with Gasteiger partial charge in [-0.1, -0.05) is 17.7 Å². The zero-order valence-corrected chi connectivity index (χ0v) is 17.8. The van der Waals surface area contributed by atoms with Crippen LogP contribution in [0.3, 0.4) is 0 Å². The Hall–Kier alpha value is -2.99. The van der Waals surface area contributed by atoms with E-state index in [1.807, 2.05) is 18.2 Å². The van der Waals surface area contributed by atoms with Gasteiger partial charge >= 0.3 is 0 Å². The fourth-order valence-corrected chi connectivity index (χ4v) is 3.54. The third-order valence-corrected chi connectivity index (χ3v) is 5.16. The van der Waals surface area contributed by atoms with E-state index in [0.29, 0.717) is 27.8 Å². The van der Waals surface area contributed by atoms with E-state index in [4.69, 9.17) is 21.1 Å². The third-order valence-electron chi connectivity index (χ3n) is 4.92. The number of methoxy groups -OCH3 is 1. The van der Waals surface area contributed by atoms with Gasteiger partial charge in [0.15, 0.2) is 11.5 Å². The summed E-state index contributed by atoms with van der Waals surface area (Å²) in [6.45, 7) is 0. The summed E-state index contributed by atoms with van der Waals surface area (Å²) in [7, 11) is 3.11. The van der Waals surface area contributed by atoms with Gasteiger partial charge in [0, 0.05) is 18.1 Å². The van der Waals surface area contributed by atoms with E-state index in [9.17, 15) is 9.59 Å². The number of carbonyl (C=O) groups excluding carboxylic acids is 2. The number of hydrogen-bond donors (Lipinski definition) is 2. The molecular formula is C23H25ClN2O4. The molecule has 1 saturated carbocycles. The average molecular weight is 429 g/mol. The van der Waals surface area contributed by atoms with E-state index >= 15 is 0 Å². The van der Waals surface area contributed by atoms with Gasteiger partial charge in [-0.15, -0.1) is 0 Å². The summed E-state index contributed by atoms with van der Waals surface area (Å²) >= 11 is 5.96. The van der Waals surface area contributed by atoms with Crippen molar-refractivity contribution in [1.82, 2.24) is 5.32 Å². The maximum atomic E-state index is 12.4. The Morgan fingerprint density at radius 2 is 1.87 bits per heavy atom. The summed E-state index contributed by atoms with van der Waals surface area (Å²) in [5.74, 6) is 0.638. The summed E-state index contributed by atoms with van der Waals surface area (Å²) in [6, 6.07) is 10.3. The second-order valence-corrected chi connectivity index (χ2v) is 7.46. The molecule has 0 unspecified atom stereocenters. The van der Waals surface area contributed by atoms with E-state index in [-0.39, 0.29) is 17.9 Å². The lowest BCUT2D eigenvalue weighted by Crippen LogP contribution is -2.20. The summed E-state index contributed by atoms with van der Waals surface area (Å²) < 4.78 is 11.5. The number of ether oxygens (including phenoxy) is 2. The van der Waals surface area contributed by atoms with Crippen molar-refractivity contribution in [3.63, 3.8) is 0 Å². The first-order chi connectivity index (χ1) is 14.5. The van der Waals surface area contributed by atoms with Crippen LogP contribution in [0.4, 0.5) is 5.69 Å². The smallest absolute Gasteiger partial charge is 0.253 e. The third kappa shape index (κ3) is 5.54. The lowest BCUT2D eigenvalue weighted by atomic mass is 10.1. The van der Waals surface area contributed by atoms with Gasteiger partial charge in [-0.25, -0.2) is 0 Å². The fraction of sp³-hybridized carbons (Fsp3) is 0.304. The van der Waals surface area contributed by atoms with E-state index in [2.05, 4.69) is 10.6 Å². The van der Waals surface area contributed by atoms with Gasteiger partial charge in [0.25, 0.3) is 5.91 Å². The van der Waals surface area contributed by atoms with Gasteiger partial charge in [-0.3, -0.25) is 9.59 Å². The molecular weight excluding hydrogens is 404 g/mol. The van der Waals surface area contributed by atoms with Crippen molar-refractivity contribution < 1.29 is 19.1 Å². The molecule has 0 aliphatic heterocycles. The predicted molar refractivity (Wildman–Crippen MR) is 118 cm³/mol. The van der Waals surface area contributed by atoms with E-state index in [1.54, 1.807) is 25.3 Å². The minimum absolute atomic E-state index is 0.236. The number of carbonyl (C=O) groups is 2. The number of amides is 2. The highest BCUT2D eigenvalue weighted by Gasteiger charge is 2.18. The van der Waals surface area contributed by atoms with Crippen LogP contribution in [0.2, 0.25) is 5.02 Å². The zero-order valence-electron chi connectivity index (χ0n) is 17.0. The van der Waals surface area contributed by atoms with Crippen LogP contribution < -0.4 is 20.1 Å². The van der Waals surface area contributed by atoms with Crippen molar-refractivity contribution >= 4 is 35.2 Å². The highest BCUT2D eigenvalue weighted by Crippen LogP contribution is 2.32. The predicted octanol–water partition coefficient (Wildman–Crippen LogP) is 4.68. The molecule has 30 heavy (non-hydrogen) atoms. The van der Waals surface area contributed by atoms with Gasteiger partial charge < -0.3 is 20.1 Å². The summed E-state index contributed by atoms with van der Waals surface area (Å²) in [5, 5.41) is 5.65. The highest BCUT2D eigenvalue weighted by atomic mass is 35.5. The number of hydrogen-bond acceptors (Lipinski definition) is 4. The Bertz CT molecular complexity index is 952.